The Bertz CT molecular complexity index is 373. The molecular weight excluding hydrogens is 236 g/mol. The first-order valence-electron chi connectivity index (χ1n) is 7.33. The zero-order chi connectivity index (χ0) is 13.7. The fourth-order valence-electron chi connectivity index (χ4n) is 2.45. The average Bonchev–Trinajstić information content (AvgIpc) is 3.28. The van der Waals surface area contributed by atoms with Crippen LogP contribution in [-0.4, -0.2) is 33.3 Å². The first kappa shape index (κ1) is 14.2. The topological polar surface area (TPSA) is 24.5 Å². The second kappa shape index (κ2) is 6.80. The molecule has 0 bridgehead atoms. The molecule has 1 unspecified atom stereocenters. The first-order valence-corrected chi connectivity index (χ1v) is 7.33. The normalized spacial score (nSPS) is 16.2. The van der Waals surface area contributed by atoms with Crippen LogP contribution in [0.3, 0.4) is 0 Å². The minimum absolute atomic E-state index is 0.632. The predicted molar refractivity (Wildman–Crippen MR) is 81.1 cm³/mol. The van der Waals surface area contributed by atoms with Gasteiger partial charge in [-0.15, -0.1) is 0 Å². The van der Waals surface area contributed by atoms with E-state index in [1.54, 1.807) is 7.11 Å². The zero-order valence-electron chi connectivity index (χ0n) is 12.4. The van der Waals surface area contributed by atoms with Crippen molar-refractivity contribution in [3.63, 3.8) is 0 Å². The summed E-state index contributed by atoms with van der Waals surface area (Å²) in [6.07, 6.45) is 3.98. The smallest absolute Gasteiger partial charge is 0.119 e. The van der Waals surface area contributed by atoms with Crippen molar-refractivity contribution in [2.24, 2.45) is 5.92 Å². The molecule has 1 aromatic carbocycles. The standard InChI is InChI=1S/C16H26N2O/c1-4-11-17-16(13-5-6-13)12-18(2)14-7-9-15(19-3)10-8-14/h7-10,13,16-17H,4-6,11-12H2,1-3H3. The van der Waals surface area contributed by atoms with Gasteiger partial charge in [-0.05, 0) is 56.0 Å². The summed E-state index contributed by atoms with van der Waals surface area (Å²) in [4.78, 5) is 2.34. The lowest BCUT2D eigenvalue weighted by Gasteiger charge is -2.26. The van der Waals surface area contributed by atoms with Crippen LogP contribution >= 0.6 is 0 Å². The Morgan fingerprint density at radius 3 is 2.53 bits per heavy atom. The molecule has 1 saturated carbocycles. The lowest BCUT2D eigenvalue weighted by molar-refractivity contribution is 0.414. The van der Waals surface area contributed by atoms with Crippen molar-refractivity contribution in [1.29, 1.82) is 0 Å². The minimum atomic E-state index is 0.632. The number of ether oxygens (including phenoxy) is 1. The SMILES string of the molecule is CCCNC(CN(C)c1ccc(OC)cc1)C1CC1. The van der Waals surface area contributed by atoms with Gasteiger partial charge >= 0.3 is 0 Å². The number of benzene rings is 1. The van der Waals surface area contributed by atoms with Crippen LogP contribution in [0.2, 0.25) is 0 Å². The number of methoxy groups -OCH3 is 1. The van der Waals surface area contributed by atoms with Crippen molar-refractivity contribution in [1.82, 2.24) is 5.32 Å². The van der Waals surface area contributed by atoms with Crippen LogP contribution < -0.4 is 15.0 Å². The van der Waals surface area contributed by atoms with Gasteiger partial charge in [-0.2, -0.15) is 0 Å². The highest BCUT2D eigenvalue weighted by atomic mass is 16.5. The summed E-state index contributed by atoms with van der Waals surface area (Å²) in [6.45, 7) is 4.43. The van der Waals surface area contributed by atoms with Gasteiger partial charge in [-0.25, -0.2) is 0 Å². The number of anilines is 1. The second-order valence-corrected chi connectivity index (χ2v) is 5.48. The third kappa shape index (κ3) is 4.13. The highest BCUT2D eigenvalue weighted by Crippen LogP contribution is 2.33. The molecule has 19 heavy (non-hydrogen) atoms. The third-order valence-corrected chi connectivity index (χ3v) is 3.83. The fourth-order valence-corrected chi connectivity index (χ4v) is 2.45. The molecule has 1 aromatic rings. The monoisotopic (exact) mass is 262 g/mol. The lowest BCUT2D eigenvalue weighted by Crippen LogP contribution is -2.41. The summed E-state index contributed by atoms with van der Waals surface area (Å²) in [5, 5.41) is 3.69. The molecule has 0 radical (unpaired) electrons. The molecule has 2 rings (SSSR count). The van der Waals surface area contributed by atoms with E-state index in [0.29, 0.717) is 6.04 Å². The van der Waals surface area contributed by atoms with E-state index in [1.165, 1.54) is 24.9 Å². The van der Waals surface area contributed by atoms with E-state index < -0.39 is 0 Å². The molecule has 1 aliphatic rings. The Kier molecular flexibility index (Phi) is 5.08. The van der Waals surface area contributed by atoms with E-state index in [-0.39, 0.29) is 0 Å². The van der Waals surface area contributed by atoms with Crippen LogP contribution in [0.4, 0.5) is 5.69 Å². The number of hydrogen-bond acceptors (Lipinski definition) is 3. The van der Waals surface area contributed by atoms with Gasteiger partial charge < -0.3 is 15.0 Å². The van der Waals surface area contributed by atoms with Crippen molar-refractivity contribution in [3.8, 4) is 5.75 Å². The maximum Gasteiger partial charge on any atom is 0.119 e. The molecule has 1 aliphatic carbocycles. The van der Waals surface area contributed by atoms with E-state index in [2.05, 4.69) is 36.3 Å². The molecule has 0 heterocycles. The Morgan fingerprint density at radius 2 is 2.00 bits per heavy atom. The number of rotatable bonds is 8. The zero-order valence-corrected chi connectivity index (χ0v) is 12.4. The van der Waals surface area contributed by atoms with Crippen LogP contribution in [0.5, 0.6) is 5.75 Å². The van der Waals surface area contributed by atoms with Gasteiger partial charge in [0, 0.05) is 25.3 Å². The largest absolute Gasteiger partial charge is 0.497 e. The first-order chi connectivity index (χ1) is 9.24. The van der Waals surface area contributed by atoms with Gasteiger partial charge in [0.25, 0.3) is 0 Å². The molecule has 0 spiro atoms. The highest BCUT2D eigenvalue weighted by molar-refractivity contribution is 5.48. The van der Waals surface area contributed by atoms with E-state index in [9.17, 15) is 0 Å². The molecular formula is C16H26N2O. The summed E-state index contributed by atoms with van der Waals surface area (Å²) in [5.74, 6) is 1.80. The fraction of sp³-hybridized carbons (Fsp3) is 0.625. The second-order valence-electron chi connectivity index (χ2n) is 5.48. The highest BCUT2D eigenvalue weighted by Gasteiger charge is 2.31. The van der Waals surface area contributed by atoms with Crippen molar-refractivity contribution < 1.29 is 4.74 Å². The van der Waals surface area contributed by atoms with Crippen molar-refractivity contribution in [2.75, 3.05) is 32.1 Å². The van der Waals surface area contributed by atoms with Gasteiger partial charge in [0.15, 0.2) is 0 Å². The lowest BCUT2D eigenvalue weighted by atomic mass is 10.1. The third-order valence-electron chi connectivity index (χ3n) is 3.83. The number of hydrogen-bond donors (Lipinski definition) is 1. The van der Waals surface area contributed by atoms with Gasteiger partial charge in [-0.1, -0.05) is 6.92 Å². The molecule has 0 aromatic heterocycles. The van der Waals surface area contributed by atoms with Gasteiger partial charge in [0.2, 0.25) is 0 Å². The van der Waals surface area contributed by atoms with Gasteiger partial charge in [0.05, 0.1) is 7.11 Å². The Labute approximate surface area is 116 Å². The summed E-state index contributed by atoms with van der Waals surface area (Å²) < 4.78 is 5.20. The molecule has 1 atom stereocenters. The van der Waals surface area contributed by atoms with Gasteiger partial charge in [-0.3, -0.25) is 0 Å². The molecule has 3 heteroatoms. The van der Waals surface area contributed by atoms with E-state index in [1.807, 2.05) is 12.1 Å². The molecule has 1 N–H and O–H groups in total. The summed E-state index contributed by atoms with van der Waals surface area (Å²) in [7, 11) is 3.88. The minimum Gasteiger partial charge on any atom is -0.497 e. The molecule has 3 nitrogen and oxygen atoms in total. The Morgan fingerprint density at radius 1 is 1.32 bits per heavy atom. The number of nitrogens with one attached hydrogen (secondary N) is 1. The van der Waals surface area contributed by atoms with Crippen LogP contribution in [0.1, 0.15) is 26.2 Å². The summed E-state index contributed by atoms with van der Waals surface area (Å²) in [6, 6.07) is 8.94. The Balaban J connectivity index is 1.91. The summed E-state index contributed by atoms with van der Waals surface area (Å²) in [5.41, 5.74) is 1.25. The van der Waals surface area contributed by atoms with E-state index >= 15 is 0 Å². The maximum atomic E-state index is 5.20. The predicted octanol–water partition coefficient (Wildman–Crippen LogP) is 2.91. The molecule has 106 valence electrons. The van der Waals surface area contributed by atoms with Crippen LogP contribution in [0.15, 0.2) is 24.3 Å². The molecule has 0 amide bonds. The van der Waals surface area contributed by atoms with Gasteiger partial charge in [0.1, 0.15) is 5.75 Å². The number of nitrogens with zero attached hydrogens (tertiary/aromatic N) is 1. The average molecular weight is 262 g/mol. The van der Waals surface area contributed by atoms with Crippen molar-refractivity contribution in [2.45, 2.75) is 32.2 Å². The molecule has 1 fully saturated rings. The van der Waals surface area contributed by atoms with E-state index in [0.717, 1.165) is 24.8 Å². The molecule has 0 saturated heterocycles. The molecule has 0 aliphatic heterocycles. The van der Waals surface area contributed by atoms with Crippen molar-refractivity contribution >= 4 is 5.69 Å². The van der Waals surface area contributed by atoms with E-state index in [4.69, 9.17) is 4.74 Å². The van der Waals surface area contributed by atoms with Crippen LogP contribution in [0.25, 0.3) is 0 Å². The Hall–Kier alpha value is -1.22. The summed E-state index contributed by atoms with van der Waals surface area (Å²) >= 11 is 0. The van der Waals surface area contributed by atoms with Crippen molar-refractivity contribution in [3.05, 3.63) is 24.3 Å². The maximum absolute atomic E-state index is 5.20. The number of likely N-dealkylation sites (N-methyl/N-ethyl adjacent to an activating group) is 1. The van der Waals surface area contributed by atoms with Crippen LogP contribution in [-0.2, 0) is 0 Å². The quantitative estimate of drug-likeness (QED) is 0.779. The van der Waals surface area contributed by atoms with Crippen LogP contribution in [0, 0.1) is 5.92 Å².